The molecule has 118 valence electrons. The molecule has 0 spiro atoms. The average Bonchev–Trinajstić information content (AvgIpc) is 2.32. The number of methoxy groups -OCH3 is 1. The Bertz CT molecular complexity index is 204. The van der Waals surface area contributed by atoms with Crippen LogP contribution in [-0.4, -0.2) is 51.6 Å². The van der Waals surface area contributed by atoms with Gasteiger partial charge in [0, 0.05) is 7.11 Å². The Morgan fingerprint density at radius 3 is 1.74 bits per heavy atom. The molecule has 1 atom stereocenters. The summed E-state index contributed by atoms with van der Waals surface area (Å²) in [4.78, 5) is 0. The monoisotopic (exact) mass is 289 g/mol. The van der Waals surface area contributed by atoms with E-state index in [0.717, 1.165) is 11.0 Å². The lowest BCUT2D eigenvalue weighted by atomic mass is 10.1. The second-order valence-corrected chi connectivity index (χ2v) is 4.93. The van der Waals surface area contributed by atoms with E-state index in [1.807, 2.05) is 7.11 Å². The lowest BCUT2D eigenvalue weighted by molar-refractivity contribution is -0.909. The molecule has 2 nitrogen and oxygen atoms in total. The van der Waals surface area contributed by atoms with E-state index in [0.29, 0.717) is 6.10 Å². The highest BCUT2D eigenvalue weighted by atomic mass is 19.5. The summed E-state index contributed by atoms with van der Waals surface area (Å²) in [6.07, 6.45) is 4.20. The highest BCUT2D eigenvalue weighted by Gasteiger charge is 2.22. The van der Waals surface area contributed by atoms with Gasteiger partial charge in [-0.1, -0.05) is 19.8 Å². The van der Waals surface area contributed by atoms with Crippen LogP contribution in [0.3, 0.4) is 0 Å². The molecule has 0 amide bonds. The molecule has 0 aromatic heterocycles. The molecule has 0 aromatic carbocycles. The third kappa shape index (κ3) is 15.6. The van der Waals surface area contributed by atoms with E-state index in [-0.39, 0.29) is 0 Å². The summed E-state index contributed by atoms with van der Waals surface area (Å²) >= 11 is 0. The zero-order valence-electron chi connectivity index (χ0n) is 12.8. The first-order chi connectivity index (χ1) is 8.61. The van der Waals surface area contributed by atoms with Gasteiger partial charge < -0.3 is 26.5 Å². The summed E-state index contributed by atoms with van der Waals surface area (Å²) in [6.45, 7) is 10.3. The average molecular weight is 289 g/mol. The Labute approximate surface area is 114 Å². The van der Waals surface area contributed by atoms with Crippen molar-refractivity contribution >= 4 is 7.25 Å². The molecule has 0 bridgehead atoms. The number of hydrogen-bond acceptors (Lipinski definition) is 1. The van der Waals surface area contributed by atoms with Crippen LogP contribution in [0.2, 0.25) is 0 Å². The molecular weight excluding hydrogens is 261 g/mol. The van der Waals surface area contributed by atoms with E-state index in [9.17, 15) is 17.3 Å². The Balaban J connectivity index is 0. The van der Waals surface area contributed by atoms with Crippen molar-refractivity contribution in [1.82, 2.24) is 0 Å². The first-order valence-corrected chi connectivity index (χ1v) is 6.85. The van der Waals surface area contributed by atoms with Crippen molar-refractivity contribution in [2.24, 2.45) is 0 Å². The van der Waals surface area contributed by atoms with Crippen LogP contribution in [0.4, 0.5) is 17.3 Å². The molecule has 0 N–H and O–H groups in total. The summed E-state index contributed by atoms with van der Waals surface area (Å²) in [5.41, 5.74) is 0. The molecule has 0 rings (SSSR count). The van der Waals surface area contributed by atoms with Crippen LogP contribution < -0.4 is 0 Å². The summed E-state index contributed by atoms with van der Waals surface area (Å²) in [6, 6.07) is 0. The molecule has 0 heterocycles. The zero-order chi connectivity index (χ0) is 15.5. The number of ether oxygens (including phenoxy) is 1. The third-order valence-electron chi connectivity index (χ3n) is 3.38. The van der Waals surface area contributed by atoms with E-state index >= 15 is 0 Å². The first-order valence-electron chi connectivity index (χ1n) is 6.85. The SMILES string of the molecule is CCCCC(C[N+](C)(CC)CC)OC.F[B-](F)(F)F. The van der Waals surface area contributed by atoms with Crippen LogP contribution >= 0.6 is 0 Å². The Kier molecular flexibility index (Phi) is 11.6. The van der Waals surface area contributed by atoms with Gasteiger partial charge in [0.15, 0.2) is 0 Å². The number of halogens is 4. The minimum atomic E-state index is -6.00. The Hall–Kier alpha value is -0.295. The van der Waals surface area contributed by atoms with Gasteiger partial charge in [0.25, 0.3) is 0 Å². The molecule has 0 aliphatic rings. The number of nitrogens with zero attached hydrogens (tertiary/aromatic N) is 1. The first kappa shape index (κ1) is 21.0. The Morgan fingerprint density at radius 1 is 1.05 bits per heavy atom. The van der Waals surface area contributed by atoms with E-state index in [1.54, 1.807) is 0 Å². The van der Waals surface area contributed by atoms with E-state index in [4.69, 9.17) is 4.74 Å². The maximum absolute atomic E-state index is 9.75. The summed E-state index contributed by atoms with van der Waals surface area (Å²) in [7, 11) is -1.84. The normalized spacial score (nSPS) is 13.7. The molecule has 7 heteroatoms. The van der Waals surface area contributed by atoms with Crippen LogP contribution in [0, 0.1) is 0 Å². The van der Waals surface area contributed by atoms with Gasteiger partial charge in [-0.3, -0.25) is 0 Å². The molecular formula is C12H28BF4NO. The maximum Gasteiger partial charge on any atom is 0.673 e. The van der Waals surface area contributed by atoms with Gasteiger partial charge in [-0.15, -0.1) is 0 Å². The van der Waals surface area contributed by atoms with Crippen molar-refractivity contribution in [3.63, 3.8) is 0 Å². The fraction of sp³-hybridized carbons (Fsp3) is 1.00. The van der Waals surface area contributed by atoms with Gasteiger partial charge in [-0.2, -0.15) is 0 Å². The fourth-order valence-corrected chi connectivity index (χ4v) is 1.69. The number of hydrogen-bond donors (Lipinski definition) is 0. The predicted molar refractivity (Wildman–Crippen MR) is 72.6 cm³/mol. The van der Waals surface area contributed by atoms with Crippen LogP contribution in [0.1, 0.15) is 40.0 Å². The van der Waals surface area contributed by atoms with Crippen molar-refractivity contribution in [3.05, 3.63) is 0 Å². The van der Waals surface area contributed by atoms with Crippen LogP contribution in [0.25, 0.3) is 0 Å². The zero-order valence-corrected chi connectivity index (χ0v) is 12.8. The van der Waals surface area contributed by atoms with E-state index in [2.05, 4.69) is 27.8 Å². The fourth-order valence-electron chi connectivity index (χ4n) is 1.69. The topological polar surface area (TPSA) is 9.23 Å². The van der Waals surface area contributed by atoms with Crippen LogP contribution in [0.15, 0.2) is 0 Å². The van der Waals surface area contributed by atoms with Crippen LogP contribution in [-0.2, 0) is 4.74 Å². The lowest BCUT2D eigenvalue weighted by Gasteiger charge is -2.35. The van der Waals surface area contributed by atoms with Crippen molar-refractivity contribution in [2.45, 2.75) is 46.1 Å². The van der Waals surface area contributed by atoms with Crippen molar-refractivity contribution in [2.75, 3.05) is 33.8 Å². The minimum absolute atomic E-state index is 0.444. The van der Waals surface area contributed by atoms with Crippen molar-refractivity contribution in [3.8, 4) is 0 Å². The predicted octanol–water partition coefficient (Wildman–Crippen LogP) is 3.98. The molecule has 0 saturated heterocycles. The van der Waals surface area contributed by atoms with E-state index in [1.165, 1.54) is 32.4 Å². The van der Waals surface area contributed by atoms with Gasteiger partial charge in [0.05, 0.1) is 20.1 Å². The molecule has 0 aliphatic carbocycles. The van der Waals surface area contributed by atoms with Gasteiger partial charge in [0.2, 0.25) is 0 Å². The lowest BCUT2D eigenvalue weighted by Crippen LogP contribution is -2.48. The summed E-state index contributed by atoms with van der Waals surface area (Å²) in [5, 5.41) is 0. The quantitative estimate of drug-likeness (QED) is 0.373. The largest absolute Gasteiger partial charge is 0.673 e. The second kappa shape index (κ2) is 10.5. The highest BCUT2D eigenvalue weighted by Crippen LogP contribution is 2.11. The molecule has 0 radical (unpaired) electrons. The maximum atomic E-state index is 9.75. The minimum Gasteiger partial charge on any atom is -0.418 e. The van der Waals surface area contributed by atoms with Gasteiger partial charge >= 0.3 is 7.25 Å². The molecule has 19 heavy (non-hydrogen) atoms. The summed E-state index contributed by atoms with van der Waals surface area (Å²) < 4.78 is 45.7. The molecule has 0 saturated carbocycles. The number of likely N-dealkylation sites (N-methyl/N-ethyl adjacent to an activating group) is 1. The Morgan fingerprint density at radius 2 is 1.47 bits per heavy atom. The van der Waals surface area contributed by atoms with Gasteiger partial charge in [0.1, 0.15) is 12.6 Å². The standard InChI is InChI=1S/C12H28NO.BF4/c1-6-9-10-12(14-5)11-13(4,7-2)8-3;2-1(3,4)5/h12H,6-11H2,1-5H3;/q+1;-1. The summed E-state index contributed by atoms with van der Waals surface area (Å²) in [5.74, 6) is 0. The number of unbranched alkanes of at least 4 members (excludes halogenated alkanes) is 1. The van der Waals surface area contributed by atoms with E-state index < -0.39 is 7.25 Å². The van der Waals surface area contributed by atoms with Gasteiger partial charge in [-0.05, 0) is 20.3 Å². The van der Waals surface area contributed by atoms with Crippen molar-refractivity contribution < 1.29 is 26.5 Å². The second-order valence-electron chi connectivity index (χ2n) is 4.93. The number of rotatable bonds is 8. The third-order valence-corrected chi connectivity index (χ3v) is 3.38. The van der Waals surface area contributed by atoms with Gasteiger partial charge in [-0.25, -0.2) is 0 Å². The van der Waals surface area contributed by atoms with Crippen LogP contribution in [0.5, 0.6) is 0 Å². The molecule has 1 unspecified atom stereocenters. The smallest absolute Gasteiger partial charge is 0.418 e. The van der Waals surface area contributed by atoms with Crippen molar-refractivity contribution in [1.29, 1.82) is 0 Å². The number of quaternary nitrogens is 1. The molecule has 0 aliphatic heterocycles. The molecule has 0 fully saturated rings. The molecule has 0 aromatic rings. The highest BCUT2D eigenvalue weighted by molar-refractivity contribution is 6.50.